The van der Waals surface area contributed by atoms with E-state index in [-0.39, 0.29) is 23.5 Å². The van der Waals surface area contributed by atoms with Crippen LogP contribution in [0, 0.1) is 11.6 Å². The summed E-state index contributed by atoms with van der Waals surface area (Å²) in [6.07, 6.45) is 0.0759. The van der Waals surface area contributed by atoms with Crippen LogP contribution in [0.4, 0.5) is 26.3 Å². The van der Waals surface area contributed by atoms with Crippen LogP contribution in [-0.2, 0) is 12.0 Å². The van der Waals surface area contributed by atoms with Gasteiger partial charge in [-0.2, -0.15) is 19.0 Å². The number of halogens is 6. The molecule has 0 unspecified atom stereocenters. The summed E-state index contributed by atoms with van der Waals surface area (Å²) < 4.78 is 87.9. The van der Waals surface area contributed by atoms with Gasteiger partial charge in [0.25, 0.3) is 0 Å². The molecular formula is C24H22F6N6O2. The molecule has 2 aromatic heterocycles. The van der Waals surface area contributed by atoms with E-state index in [1.807, 2.05) is 0 Å². The Morgan fingerprint density at radius 1 is 1.03 bits per heavy atom. The third-order valence-corrected chi connectivity index (χ3v) is 6.35. The molecule has 2 heterocycles. The lowest BCUT2D eigenvalue weighted by atomic mass is 9.76. The normalized spacial score (nSPS) is 14.4. The minimum Gasteiger partial charge on any atom is -0.487 e. The van der Waals surface area contributed by atoms with E-state index < -0.39 is 47.7 Å². The van der Waals surface area contributed by atoms with Crippen LogP contribution in [0.5, 0.6) is 5.75 Å². The number of alkyl halides is 4. The van der Waals surface area contributed by atoms with Crippen molar-refractivity contribution in [3.05, 3.63) is 89.1 Å². The Hall–Kier alpha value is -4.10. The standard InChI is InChI=1S/C24H22F6N6O2/c1-15(23(2,10-34-13-31-12-32-34)19-8-3-16(25)9-20(19)26)36-22(37)35(14-33-36)17-4-6-18(7-5-17)38-11-24(29,30)21(27)28/h3-9,12-15,21H,10-11H2,1-2H3/t15-,23+/m1/s1. The second-order valence-electron chi connectivity index (χ2n) is 8.88. The smallest absolute Gasteiger partial charge is 0.350 e. The van der Waals surface area contributed by atoms with Crippen LogP contribution in [-0.4, -0.2) is 48.1 Å². The highest BCUT2D eigenvalue weighted by Gasteiger charge is 2.42. The molecule has 0 amide bonds. The van der Waals surface area contributed by atoms with Gasteiger partial charge in [0.15, 0.2) is 6.61 Å². The van der Waals surface area contributed by atoms with Gasteiger partial charge >= 0.3 is 18.0 Å². The predicted molar refractivity (Wildman–Crippen MR) is 123 cm³/mol. The van der Waals surface area contributed by atoms with E-state index in [1.54, 1.807) is 13.8 Å². The molecule has 0 aliphatic rings. The molecule has 4 rings (SSSR count). The average Bonchev–Trinajstić information content (AvgIpc) is 3.52. The lowest BCUT2D eigenvalue weighted by molar-refractivity contribution is -0.148. The first kappa shape index (κ1) is 26.9. The van der Waals surface area contributed by atoms with Gasteiger partial charge in [-0.1, -0.05) is 13.0 Å². The van der Waals surface area contributed by atoms with Crippen molar-refractivity contribution in [2.24, 2.45) is 0 Å². The fourth-order valence-electron chi connectivity index (χ4n) is 4.02. The van der Waals surface area contributed by atoms with E-state index in [9.17, 15) is 31.1 Å². The first-order valence-electron chi connectivity index (χ1n) is 11.3. The highest BCUT2D eigenvalue weighted by Crippen LogP contribution is 2.38. The van der Waals surface area contributed by atoms with Crippen molar-refractivity contribution in [1.82, 2.24) is 29.1 Å². The first-order valence-corrected chi connectivity index (χ1v) is 11.3. The summed E-state index contributed by atoms with van der Waals surface area (Å²) in [5.41, 5.74) is -1.34. The quantitative estimate of drug-likeness (QED) is 0.279. The maximum Gasteiger partial charge on any atom is 0.350 e. The van der Waals surface area contributed by atoms with E-state index in [0.717, 1.165) is 21.4 Å². The molecule has 8 nitrogen and oxygen atoms in total. The van der Waals surface area contributed by atoms with Crippen molar-refractivity contribution in [1.29, 1.82) is 0 Å². The number of aromatic nitrogens is 6. The van der Waals surface area contributed by atoms with Gasteiger partial charge < -0.3 is 4.74 Å². The Morgan fingerprint density at radius 2 is 1.74 bits per heavy atom. The third-order valence-electron chi connectivity index (χ3n) is 6.35. The van der Waals surface area contributed by atoms with E-state index in [0.29, 0.717) is 0 Å². The first-order chi connectivity index (χ1) is 17.9. The number of hydrogen-bond donors (Lipinski definition) is 0. The molecule has 0 aliphatic heterocycles. The van der Waals surface area contributed by atoms with Crippen LogP contribution in [0.3, 0.4) is 0 Å². The van der Waals surface area contributed by atoms with Crippen LogP contribution in [0.1, 0.15) is 25.5 Å². The zero-order valence-electron chi connectivity index (χ0n) is 20.1. The summed E-state index contributed by atoms with van der Waals surface area (Å²) >= 11 is 0. The zero-order valence-corrected chi connectivity index (χ0v) is 20.1. The summed E-state index contributed by atoms with van der Waals surface area (Å²) in [5.74, 6) is -5.97. The fourth-order valence-corrected chi connectivity index (χ4v) is 4.02. The van der Waals surface area contributed by atoms with Crippen LogP contribution in [0.2, 0.25) is 0 Å². The molecule has 0 saturated heterocycles. The van der Waals surface area contributed by atoms with Gasteiger partial charge in [0.1, 0.15) is 36.4 Å². The Labute approximate surface area is 212 Å². The second-order valence-corrected chi connectivity index (χ2v) is 8.88. The number of benzene rings is 2. The monoisotopic (exact) mass is 540 g/mol. The van der Waals surface area contributed by atoms with Crippen molar-refractivity contribution < 1.29 is 31.1 Å². The highest BCUT2D eigenvalue weighted by atomic mass is 19.3. The molecule has 2 atom stereocenters. The van der Waals surface area contributed by atoms with Gasteiger partial charge in [0.2, 0.25) is 0 Å². The molecule has 0 N–H and O–H groups in total. The van der Waals surface area contributed by atoms with Gasteiger partial charge in [-0.05, 0) is 42.8 Å². The number of nitrogens with zero attached hydrogens (tertiary/aromatic N) is 6. The lowest BCUT2D eigenvalue weighted by Gasteiger charge is -2.35. The molecule has 0 bridgehead atoms. The highest BCUT2D eigenvalue weighted by molar-refractivity contribution is 5.37. The third kappa shape index (κ3) is 5.29. The predicted octanol–water partition coefficient (Wildman–Crippen LogP) is 4.40. The average molecular weight is 540 g/mol. The van der Waals surface area contributed by atoms with E-state index in [4.69, 9.17) is 4.74 Å². The summed E-state index contributed by atoms with van der Waals surface area (Å²) in [7, 11) is 0. The van der Waals surface area contributed by atoms with Gasteiger partial charge in [-0.3, -0.25) is 4.68 Å². The van der Waals surface area contributed by atoms with Gasteiger partial charge in [0.05, 0.1) is 18.3 Å². The van der Waals surface area contributed by atoms with Crippen molar-refractivity contribution >= 4 is 0 Å². The second kappa shape index (κ2) is 10.3. The molecule has 0 spiro atoms. The molecule has 202 valence electrons. The van der Waals surface area contributed by atoms with Gasteiger partial charge in [-0.15, -0.1) is 0 Å². The van der Waals surface area contributed by atoms with Crippen LogP contribution < -0.4 is 10.4 Å². The largest absolute Gasteiger partial charge is 0.487 e. The van der Waals surface area contributed by atoms with Crippen LogP contribution in [0.25, 0.3) is 5.69 Å². The topological polar surface area (TPSA) is 79.8 Å². The van der Waals surface area contributed by atoms with E-state index in [2.05, 4.69) is 15.2 Å². The molecule has 0 fully saturated rings. The Morgan fingerprint density at radius 3 is 2.34 bits per heavy atom. The Balaban J connectivity index is 1.64. The molecule has 0 saturated carbocycles. The van der Waals surface area contributed by atoms with E-state index in [1.165, 1.54) is 54.0 Å². The molecule has 0 radical (unpaired) electrons. The summed E-state index contributed by atoms with van der Waals surface area (Å²) in [6.45, 7) is 1.90. The lowest BCUT2D eigenvalue weighted by Crippen LogP contribution is -2.42. The Kier molecular flexibility index (Phi) is 7.33. The molecule has 38 heavy (non-hydrogen) atoms. The molecular weight excluding hydrogens is 518 g/mol. The van der Waals surface area contributed by atoms with Crippen molar-refractivity contribution in [2.75, 3.05) is 6.61 Å². The Bertz CT molecular complexity index is 1440. The SMILES string of the molecule is C[C@@H](n1ncn(-c2ccc(OCC(F)(F)C(F)F)cc2)c1=O)[C@](C)(Cn1cncn1)c1ccc(F)cc1F. The molecule has 14 heteroatoms. The van der Waals surface area contributed by atoms with Crippen LogP contribution in [0.15, 0.2) is 66.2 Å². The maximum absolute atomic E-state index is 14.9. The maximum atomic E-state index is 14.9. The minimum absolute atomic E-state index is 0.0747. The van der Waals surface area contributed by atoms with E-state index >= 15 is 0 Å². The summed E-state index contributed by atoms with van der Waals surface area (Å²) in [4.78, 5) is 17.2. The van der Waals surface area contributed by atoms with Crippen LogP contribution >= 0.6 is 0 Å². The molecule has 4 aromatic rings. The minimum atomic E-state index is -4.31. The van der Waals surface area contributed by atoms with Gasteiger partial charge in [0, 0.05) is 11.5 Å². The summed E-state index contributed by atoms with van der Waals surface area (Å²) in [6, 6.07) is 7.61. The molecule has 2 aromatic carbocycles. The zero-order chi connectivity index (χ0) is 27.7. The fraction of sp³-hybridized carbons (Fsp3) is 0.333. The number of rotatable bonds is 10. The summed E-state index contributed by atoms with van der Waals surface area (Å²) in [5, 5.41) is 8.25. The van der Waals surface area contributed by atoms with Crippen molar-refractivity contribution in [3.8, 4) is 11.4 Å². The molecule has 0 aliphatic carbocycles. The van der Waals surface area contributed by atoms with Gasteiger partial charge in [-0.25, -0.2) is 36.6 Å². The van der Waals surface area contributed by atoms with Crippen molar-refractivity contribution in [2.45, 2.75) is 44.2 Å². The van der Waals surface area contributed by atoms with Crippen molar-refractivity contribution in [3.63, 3.8) is 0 Å². The number of ether oxygens (including phenoxy) is 1. The number of hydrogen-bond acceptors (Lipinski definition) is 5.